The minimum atomic E-state index is -5.12. The SMILES string of the molecule is NC(=O)c1ccc2c(c1)CC(C(N)=O)(C(c1cccc(C(F)(F)F)c1)C(F)(F)F)N2. The molecule has 3 rings (SSSR count). The van der Waals surface area contributed by atoms with Crippen LogP contribution in [0.25, 0.3) is 0 Å². The first-order valence-corrected chi connectivity index (χ1v) is 8.50. The minimum absolute atomic E-state index is 0.00144. The number of carbonyl (C=O) groups excluding carboxylic acids is 2. The van der Waals surface area contributed by atoms with Crippen molar-refractivity contribution in [3.05, 3.63) is 64.7 Å². The van der Waals surface area contributed by atoms with E-state index >= 15 is 0 Å². The van der Waals surface area contributed by atoms with Gasteiger partial charge in [-0.25, -0.2) is 0 Å². The Balaban J connectivity index is 2.17. The van der Waals surface area contributed by atoms with Crippen molar-refractivity contribution in [3.63, 3.8) is 0 Å². The van der Waals surface area contributed by atoms with E-state index in [1.165, 1.54) is 18.2 Å². The Morgan fingerprint density at radius 1 is 1.00 bits per heavy atom. The number of nitrogens with one attached hydrogen (secondary N) is 1. The quantitative estimate of drug-likeness (QED) is 0.648. The highest BCUT2D eigenvalue weighted by Gasteiger charge is 2.60. The van der Waals surface area contributed by atoms with Gasteiger partial charge in [0.05, 0.1) is 5.56 Å². The molecule has 2 amide bonds. The number of benzene rings is 2. The van der Waals surface area contributed by atoms with Crippen molar-refractivity contribution in [2.75, 3.05) is 5.32 Å². The van der Waals surface area contributed by atoms with Gasteiger partial charge in [0.25, 0.3) is 0 Å². The number of carbonyl (C=O) groups is 2. The first-order valence-electron chi connectivity index (χ1n) is 8.50. The van der Waals surface area contributed by atoms with Gasteiger partial charge in [-0.1, -0.05) is 18.2 Å². The Bertz CT molecular complexity index is 1020. The zero-order valence-corrected chi connectivity index (χ0v) is 15.1. The number of rotatable bonds is 4. The maximum atomic E-state index is 14.1. The van der Waals surface area contributed by atoms with E-state index in [-0.39, 0.29) is 16.8 Å². The Labute approximate surface area is 166 Å². The summed E-state index contributed by atoms with van der Waals surface area (Å²) < 4.78 is 81.5. The van der Waals surface area contributed by atoms with Crippen molar-refractivity contribution in [2.24, 2.45) is 11.5 Å². The zero-order chi connectivity index (χ0) is 22.5. The number of fused-ring (bicyclic) bond motifs is 1. The molecule has 5 nitrogen and oxygen atoms in total. The largest absolute Gasteiger partial charge is 0.416 e. The number of nitrogens with two attached hydrogens (primary N) is 2. The minimum Gasteiger partial charge on any atom is -0.370 e. The zero-order valence-electron chi connectivity index (χ0n) is 15.1. The van der Waals surface area contributed by atoms with Crippen LogP contribution >= 0.6 is 0 Å². The Morgan fingerprint density at radius 2 is 1.67 bits per heavy atom. The molecule has 160 valence electrons. The van der Waals surface area contributed by atoms with E-state index < -0.39 is 53.2 Å². The molecule has 0 bridgehead atoms. The van der Waals surface area contributed by atoms with E-state index in [9.17, 15) is 35.9 Å². The van der Waals surface area contributed by atoms with Gasteiger partial charge in [0, 0.05) is 17.7 Å². The summed E-state index contributed by atoms with van der Waals surface area (Å²) in [5.41, 5.74) is 6.22. The molecule has 0 radical (unpaired) electrons. The highest BCUT2D eigenvalue weighted by molar-refractivity contribution is 5.96. The van der Waals surface area contributed by atoms with Crippen molar-refractivity contribution in [1.29, 1.82) is 0 Å². The van der Waals surface area contributed by atoms with Crippen LogP contribution in [0.3, 0.4) is 0 Å². The summed E-state index contributed by atoms with van der Waals surface area (Å²) in [5.74, 6) is -4.92. The molecule has 1 aliphatic rings. The molecule has 2 atom stereocenters. The predicted molar refractivity (Wildman–Crippen MR) is 94.5 cm³/mol. The Hall–Kier alpha value is -3.24. The average Bonchev–Trinajstić information content (AvgIpc) is 2.99. The van der Waals surface area contributed by atoms with Crippen molar-refractivity contribution in [2.45, 2.75) is 30.2 Å². The molecule has 30 heavy (non-hydrogen) atoms. The molecule has 1 heterocycles. The lowest BCUT2D eigenvalue weighted by Crippen LogP contribution is -2.57. The van der Waals surface area contributed by atoms with Crippen LogP contribution in [0.2, 0.25) is 0 Å². The monoisotopic (exact) mass is 431 g/mol. The van der Waals surface area contributed by atoms with E-state index in [0.717, 1.165) is 12.1 Å². The second-order valence-corrected chi connectivity index (χ2v) is 6.97. The van der Waals surface area contributed by atoms with E-state index in [1.807, 2.05) is 0 Å². The third-order valence-electron chi connectivity index (χ3n) is 5.02. The number of alkyl halides is 6. The van der Waals surface area contributed by atoms with E-state index in [1.54, 1.807) is 0 Å². The third-order valence-corrected chi connectivity index (χ3v) is 5.02. The molecule has 2 aromatic rings. The smallest absolute Gasteiger partial charge is 0.370 e. The highest BCUT2D eigenvalue weighted by Crippen LogP contribution is 2.49. The molecule has 2 aromatic carbocycles. The van der Waals surface area contributed by atoms with Gasteiger partial charge in [-0.05, 0) is 35.4 Å². The van der Waals surface area contributed by atoms with Gasteiger partial charge in [-0.3, -0.25) is 9.59 Å². The average molecular weight is 431 g/mol. The van der Waals surface area contributed by atoms with Gasteiger partial charge >= 0.3 is 12.4 Å². The van der Waals surface area contributed by atoms with Crippen LogP contribution < -0.4 is 16.8 Å². The van der Waals surface area contributed by atoms with Crippen LogP contribution in [0.5, 0.6) is 0 Å². The summed E-state index contributed by atoms with van der Waals surface area (Å²) in [4.78, 5) is 23.7. The molecule has 5 N–H and O–H groups in total. The molecule has 0 aliphatic carbocycles. The van der Waals surface area contributed by atoms with E-state index in [2.05, 4.69) is 5.32 Å². The molecule has 1 aliphatic heterocycles. The number of amides is 2. The van der Waals surface area contributed by atoms with Gasteiger partial charge in [0.1, 0.15) is 11.5 Å². The maximum Gasteiger partial charge on any atom is 0.416 e. The number of hydrogen-bond donors (Lipinski definition) is 3. The van der Waals surface area contributed by atoms with E-state index in [0.29, 0.717) is 12.1 Å². The first kappa shape index (κ1) is 21.5. The van der Waals surface area contributed by atoms with E-state index in [4.69, 9.17) is 11.5 Å². The first-order chi connectivity index (χ1) is 13.8. The predicted octanol–water partition coefficient (Wildman–Crippen LogP) is 3.34. The number of primary amides is 2. The fraction of sp³-hybridized carbons (Fsp3) is 0.263. The summed E-state index contributed by atoms with van der Waals surface area (Å²) in [6, 6.07) is 6.40. The maximum absolute atomic E-state index is 14.1. The van der Waals surface area contributed by atoms with Gasteiger partial charge in [0.2, 0.25) is 11.8 Å². The molecule has 11 heteroatoms. The number of halogens is 6. The van der Waals surface area contributed by atoms with Gasteiger partial charge < -0.3 is 16.8 Å². The summed E-state index contributed by atoms with van der Waals surface area (Å²) in [7, 11) is 0. The number of anilines is 1. The lowest BCUT2D eigenvalue weighted by molar-refractivity contribution is -0.168. The van der Waals surface area contributed by atoms with Gasteiger partial charge in [0.15, 0.2) is 0 Å². The summed E-state index contributed by atoms with van der Waals surface area (Å²) in [5, 5.41) is 2.45. The van der Waals surface area contributed by atoms with Crippen LogP contribution in [0.1, 0.15) is 33.0 Å². The molecule has 0 saturated heterocycles. The third kappa shape index (κ3) is 3.66. The van der Waals surface area contributed by atoms with Crippen LogP contribution in [0.15, 0.2) is 42.5 Å². The second kappa shape index (κ2) is 6.92. The van der Waals surface area contributed by atoms with Crippen molar-refractivity contribution in [1.82, 2.24) is 0 Å². The standard InChI is InChI=1S/C19H15F6N3O2/c20-18(21,22)12-3-1-2-9(7-12)14(19(23,24)25)17(16(27)30)8-11-6-10(15(26)29)4-5-13(11)28-17/h1-7,14,28H,8H2,(H2,26,29)(H2,27,30). The van der Waals surface area contributed by atoms with Crippen LogP contribution in [0, 0.1) is 0 Å². The van der Waals surface area contributed by atoms with Crippen molar-refractivity contribution >= 4 is 17.5 Å². The molecule has 0 spiro atoms. The van der Waals surface area contributed by atoms with Gasteiger partial charge in [-0.15, -0.1) is 0 Å². The Kier molecular flexibility index (Phi) is 4.95. The summed E-state index contributed by atoms with van der Waals surface area (Å²) in [6.07, 6.45) is -10.6. The second-order valence-electron chi connectivity index (χ2n) is 6.97. The van der Waals surface area contributed by atoms with Gasteiger partial charge in [-0.2, -0.15) is 26.3 Å². The van der Waals surface area contributed by atoms with Crippen LogP contribution in [-0.2, 0) is 17.4 Å². The molecule has 0 saturated carbocycles. The lowest BCUT2D eigenvalue weighted by atomic mass is 9.75. The highest BCUT2D eigenvalue weighted by atomic mass is 19.4. The molecular weight excluding hydrogens is 416 g/mol. The topological polar surface area (TPSA) is 98.2 Å². The molecule has 2 unspecified atom stereocenters. The van der Waals surface area contributed by atoms with Crippen molar-refractivity contribution < 1.29 is 35.9 Å². The van der Waals surface area contributed by atoms with Crippen LogP contribution in [-0.4, -0.2) is 23.5 Å². The molecule has 0 aromatic heterocycles. The van der Waals surface area contributed by atoms with Crippen LogP contribution in [0.4, 0.5) is 32.0 Å². The summed E-state index contributed by atoms with van der Waals surface area (Å²) >= 11 is 0. The summed E-state index contributed by atoms with van der Waals surface area (Å²) in [6.45, 7) is 0. The Morgan fingerprint density at radius 3 is 2.20 bits per heavy atom. The normalized spacial score (nSPS) is 19.7. The molecular formula is C19H15F6N3O2. The lowest BCUT2D eigenvalue weighted by Gasteiger charge is -2.37. The fourth-order valence-electron chi connectivity index (χ4n) is 3.71. The fourth-order valence-corrected chi connectivity index (χ4v) is 3.71. The number of hydrogen-bond acceptors (Lipinski definition) is 3. The van der Waals surface area contributed by atoms with Crippen molar-refractivity contribution in [3.8, 4) is 0 Å². The molecule has 0 fully saturated rings.